The van der Waals surface area contributed by atoms with E-state index >= 15 is 4.39 Å². The Bertz CT molecular complexity index is 1630. The predicted molar refractivity (Wildman–Crippen MR) is 144 cm³/mol. The number of rotatable bonds is 6. The topological polar surface area (TPSA) is 122 Å². The summed E-state index contributed by atoms with van der Waals surface area (Å²) >= 11 is 0. The zero-order chi connectivity index (χ0) is 25.8. The largest absolute Gasteiger partial charge is 0.374 e. The minimum Gasteiger partial charge on any atom is -0.374 e. The number of aliphatic hydroxyl groups excluding tert-OH is 1. The van der Waals surface area contributed by atoms with Crippen LogP contribution in [0.1, 0.15) is 12.8 Å². The maximum Gasteiger partial charge on any atom is 0.180 e. The van der Waals surface area contributed by atoms with Gasteiger partial charge in [0.2, 0.25) is 0 Å². The molecular formula is C27H28FN9O. The number of nitrogens with zero attached hydrogens (tertiary/aromatic N) is 6. The van der Waals surface area contributed by atoms with Crippen molar-refractivity contribution < 1.29 is 9.50 Å². The molecule has 1 saturated heterocycles. The van der Waals surface area contributed by atoms with Gasteiger partial charge < -0.3 is 25.2 Å². The van der Waals surface area contributed by atoms with Gasteiger partial charge in [0.05, 0.1) is 17.6 Å². The number of pyridine rings is 2. The first-order valence-electron chi connectivity index (χ1n) is 12.9. The van der Waals surface area contributed by atoms with Crippen molar-refractivity contribution in [3.63, 3.8) is 0 Å². The van der Waals surface area contributed by atoms with Crippen molar-refractivity contribution in [2.24, 2.45) is 5.92 Å². The van der Waals surface area contributed by atoms with Gasteiger partial charge in [0, 0.05) is 55.4 Å². The third-order valence-corrected chi connectivity index (χ3v) is 7.52. The molecule has 1 aliphatic carbocycles. The van der Waals surface area contributed by atoms with Crippen molar-refractivity contribution in [2.45, 2.75) is 19.1 Å². The molecule has 1 saturated carbocycles. The van der Waals surface area contributed by atoms with E-state index in [9.17, 15) is 5.11 Å². The molecular weight excluding hydrogens is 485 g/mol. The van der Waals surface area contributed by atoms with Crippen molar-refractivity contribution in [3.05, 3.63) is 48.7 Å². The molecule has 11 heteroatoms. The zero-order valence-electron chi connectivity index (χ0n) is 20.9. The Balaban J connectivity index is 1.26. The second-order valence-electron chi connectivity index (χ2n) is 10.2. The molecule has 7 rings (SSSR count). The van der Waals surface area contributed by atoms with Crippen molar-refractivity contribution in [1.29, 1.82) is 0 Å². The average Bonchev–Trinajstić information content (AvgIpc) is 3.55. The molecule has 10 nitrogen and oxygen atoms in total. The van der Waals surface area contributed by atoms with Crippen LogP contribution in [-0.4, -0.2) is 79.6 Å². The molecule has 4 N–H and O–H groups in total. The summed E-state index contributed by atoms with van der Waals surface area (Å²) in [6.45, 7) is 3.82. The number of aromatic nitrogens is 6. The molecule has 5 heterocycles. The number of nitrogens with one attached hydrogen (secondary N) is 3. The van der Waals surface area contributed by atoms with E-state index in [4.69, 9.17) is 4.98 Å². The molecule has 194 valence electrons. The third-order valence-electron chi connectivity index (χ3n) is 7.52. The summed E-state index contributed by atoms with van der Waals surface area (Å²) in [6, 6.07) is 7.22. The number of fused-ring (bicyclic) bond motifs is 2. The molecule has 0 spiro atoms. The van der Waals surface area contributed by atoms with Crippen molar-refractivity contribution in [3.8, 4) is 22.6 Å². The number of benzene rings is 1. The lowest BCUT2D eigenvalue weighted by Crippen LogP contribution is -2.44. The van der Waals surface area contributed by atoms with Crippen LogP contribution in [0.2, 0.25) is 0 Å². The Labute approximate surface area is 217 Å². The van der Waals surface area contributed by atoms with Gasteiger partial charge in [0.1, 0.15) is 23.0 Å². The van der Waals surface area contributed by atoms with Gasteiger partial charge in [-0.2, -0.15) is 5.10 Å². The summed E-state index contributed by atoms with van der Waals surface area (Å²) in [6.07, 6.45) is 6.54. The smallest absolute Gasteiger partial charge is 0.180 e. The van der Waals surface area contributed by atoms with E-state index in [1.807, 2.05) is 18.2 Å². The van der Waals surface area contributed by atoms with Crippen LogP contribution < -0.4 is 10.2 Å². The minimum absolute atomic E-state index is 0.239. The first-order chi connectivity index (χ1) is 18.5. The number of likely N-dealkylation sites (N-methyl/N-ethyl adjacent to an activating group) is 1. The van der Waals surface area contributed by atoms with E-state index in [2.05, 4.69) is 47.3 Å². The van der Waals surface area contributed by atoms with E-state index in [0.29, 0.717) is 33.8 Å². The summed E-state index contributed by atoms with van der Waals surface area (Å²) in [5, 5.41) is 21.2. The number of imidazole rings is 1. The maximum atomic E-state index is 15.2. The van der Waals surface area contributed by atoms with Crippen LogP contribution in [0.3, 0.4) is 0 Å². The van der Waals surface area contributed by atoms with Crippen LogP contribution in [0.15, 0.2) is 42.9 Å². The van der Waals surface area contributed by atoms with Crippen LogP contribution in [0.25, 0.3) is 44.7 Å². The lowest BCUT2D eigenvalue weighted by Gasteiger charge is -2.34. The number of aliphatic hydroxyl groups is 1. The second-order valence-corrected chi connectivity index (χ2v) is 10.2. The van der Waals surface area contributed by atoms with Gasteiger partial charge in [0.15, 0.2) is 17.3 Å². The fourth-order valence-electron chi connectivity index (χ4n) is 5.13. The fraction of sp³-hybridized carbons (Fsp3) is 0.333. The molecule has 0 amide bonds. The lowest BCUT2D eigenvalue weighted by molar-refractivity contribution is 0.180. The van der Waals surface area contributed by atoms with Gasteiger partial charge in [-0.1, -0.05) is 0 Å². The number of anilines is 2. The molecule has 38 heavy (non-hydrogen) atoms. The third kappa shape index (κ3) is 4.13. The molecule has 4 aromatic heterocycles. The predicted octanol–water partition coefficient (Wildman–Crippen LogP) is 3.59. The molecule has 2 aliphatic rings. The quantitative estimate of drug-likeness (QED) is 0.254. The van der Waals surface area contributed by atoms with Gasteiger partial charge in [-0.15, -0.1) is 0 Å². The number of aromatic amines is 2. The van der Waals surface area contributed by atoms with E-state index in [0.717, 1.165) is 55.8 Å². The Kier molecular flexibility index (Phi) is 5.48. The maximum absolute atomic E-state index is 15.2. The Morgan fingerprint density at radius 3 is 2.76 bits per heavy atom. The Morgan fingerprint density at radius 2 is 1.95 bits per heavy atom. The van der Waals surface area contributed by atoms with Gasteiger partial charge in [-0.05, 0) is 49.7 Å². The van der Waals surface area contributed by atoms with E-state index in [1.54, 1.807) is 18.6 Å². The molecule has 1 aliphatic heterocycles. The van der Waals surface area contributed by atoms with Crippen LogP contribution in [-0.2, 0) is 0 Å². The number of H-pyrrole nitrogens is 2. The van der Waals surface area contributed by atoms with Crippen LogP contribution >= 0.6 is 0 Å². The molecule has 0 bridgehead atoms. The SMILES string of the molecule is CN1CCN(c2ccnc3nc(-c4[nH]nc5c(F)cc(-c6cncc(NC(O)C7CC7)c6)cc45)[nH]c23)CC1. The first kappa shape index (κ1) is 23.1. The molecule has 1 aromatic carbocycles. The van der Waals surface area contributed by atoms with Gasteiger partial charge in [-0.3, -0.25) is 10.1 Å². The monoisotopic (exact) mass is 513 g/mol. The lowest BCUT2D eigenvalue weighted by atomic mass is 10.0. The fourth-order valence-corrected chi connectivity index (χ4v) is 5.13. The Morgan fingerprint density at radius 1 is 1.11 bits per heavy atom. The summed E-state index contributed by atoms with van der Waals surface area (Å²) in [5.41, 5.74) is 5.42. The molecule has 1 atom stereocenters. The molecule has 0 radical (unpaired) electrons. The van der Waals surface area contributed by atoms with Crippen molar-refractivity contribution >= 4 is 33.4 Å². The first-order valence-corrected chi connectivity index (χ1v) is 12.9. The highest BCUT2D eigenvalue weighted by molar-refractivity contribution is 5.97. The highest BCUT2D eigenvalue weighted by Gasteiger charge is 2.29. The number of piperazine rings is 1. The summed E-state index contributed by atoms with van der Waals surface area (Å²) in [7, 11) is 2.13. The van der Waals surface area contributed by atoms with Crippen LogP contribution in [0.5, 0.6) is 0 Å². The van der Waals surface area contributed by atoms with E-state index in [1.165, 1.54) is 6.07 Å². The van der Waals surface area contributed by atoms with Crippen LogP contribution in [0.4, 0.5) is 15.8 Å². The number of hydrogen-bond donors (Lipinski definition) is 4. The number of hydrogen-bond acceptors (Lipinski definition) is 8. The minimum atomic E-state index is -0.607. The zero-order valence-corrected chi connectivity index (χ0v) is 20.9. The van der Waals surface area contributed by atoms with Gasteiger partial charge in [-0.25, -0.2) is 14.4 Å². The summed E-state index contributed by atoms with van der Waals surface area (Å²) in [5.74, 6) is 0.383. The molecule has 5 aromatic rings. The van der Waals surface area contributed by atoms with Gasteiger partial charge >= 0.3 is 0 Å². The molecule has 2 fully saturated rings. The molecule has 1 unspecified atom stereocenters. The normalized spacial score (nSPS) is 17.4. The van der Waals surface area contributed by atoms with Gasteiger partial charge in [0.25, 0.3) is 0 Å². The summed E-state index contributed by atoms with van der Waals surface area (Å²) in [4.78, 5) is 21.6. The highest BCUT2D eigenvalue weighted by atomic mass is 19.1. The van der Waals surface area contributed by atoms with E-state index < -0.39 is 12.0 Å². The van der Waals surface area contributed by atoms with Crippen LogP contribution in [0, 0.1) is 11.7 Å². The van der Waals surface area contributed by atoms with Crippen molar-refractivity contribution in [2.75, 3.05) is 43.4 Å². The summed E-state index contributed by atoms with van der Waals surface area (Å²) < 4.78 is 15.2. The average molecular weight is 514 g/mol. The number of halogens is 1. The standard InChI is InChI=1S/C27H28FN9O/c1-36-6-8-37(9-7-36)21-4-5-30-25-24(21)32-26(33-25)23-19-11-16(12-20(28)22(19)34-35-23)17-10-18(14-29-13-17)31-27(38)15-2-3-15/h4-5,10-15,27,31,38H,2-3,6-9H2,1H3,(H,34,35)(H,30,32,33). The second kappa shape index (κ2) is 9.03. The van der Waals surface area contributed by atoms with Crippen molar-refractivity contribution in [1.82, 2.24) is 35.0 Å². The Hall–Kier alpha value is -4.09. The van der Waals surface area contributed by atoms with E-state index in [-0.39, 0.29) is 11.4 Å². The highest BCUT2D eigenvalue weighted by Crippen LogP contribution is 2.35.